The van der Waals surface area contributed by atoms with Crippen LogP contribution >= 0.6 is 23.2 Å². The van der Waals surface area contributed by atoms with Gasteiger partial charge in [-0.25, -0.2) is 9.18 Å². The van der Waals surface area contributed by atoms with Crippen molar-refractivity contribution in [1.82, 2.24) is 4.90 Å². The van der Waals surface area contributed by atoms with Gasteiger partial charge in [0.15, 0.2) is 0 Å². The third kappa shape index (κ3) is 6.12. The van der Waals surface area contributed by atoms with E-state index in [1.54, 1.807) is 12.1 Å². The van der Waals surface area contributed by atoms with Crippen molar-refractivity contribution in [3.63, 3.8) is 0 Å². The van der Waals surface area contributed by atoms with E-state index < -0.39 is 29.2 Å². The zero-order valence-corrected chi connectivity index (χ0v) is 27.7. The smallest absolute Gasteiger partial charge is 0.335 e. The molecule has 0 bridgehead atoms. The van der Waals surface area contributed by atoms with Crippen LogP contribution in [0, 0.1) is 11.2 Å². The van der Waals surface area contributed by atoms with Crippen molar-refractivity contribution < 1.29 is 23.8 Å². The molecule has 0 unspecified atom stereocenters. The van der Waals surface area contributed by atoms with Crippen LogP contribution in [0.4, 0.5) is 15.8 Å². The van der Waals surface area contributed by atoms with Crippen molar-refractivity contribution in [3.8, 4) is 5.75 Å². The topological polar surface area (TPSA) is 90.9 Å². The number of methoxy groups -OCH3 is 1. The summed E-state index contributed by atoms with van der Waals surface area (Å²) in [7, 11) is 1.42. The number of rotatable bonds is 9. The highest BCUT2D eigenvalue weighted by atomic mass is 35.5. The van der Waals surface area contributed by atoms with Crippen molar-refractivity contribution in [2.24, 2.45) is 5.41 Å². The molecule has 0 aliphatic carbocycles. The van der Waals surface area contributed by atoms with Gasteiger partial charge in [-0.2, -0.15) is 0 Å². The highest BCUT2D eigenvalue weighted by Crippen LogP contribution is 2.60. The molecule has 1 saturated heterocycles. The average molecular weight is 657 g/mol. The van der Waals surface area contributed by atoms with E-state index in [0.29, 0.717) is 29.4 Å². The number of hydrogen-bond donors (Lipinski definition) is 3. The normalized spacial score (nSPS) is 22.7. The van der Waals surface area contributed by atoms with E-state index in [4.69, 9.17) is 27.9 Å². The number of ether oxygens (including phenoxy) is 1. The molecule has 10 heteroatoms. The minimum atomic E-state index is -1.11. The van der Waals surface area contributed by atoms with Gasteiger partial charge >= 0.3 is 5.97 Å². The number of fused-ring (bicyclic) bond motifs is 2. The molecule has 4 atom stereocenters. The number of nitrogens with one attached hydrogen (secondary N) is 2. The third-order valence-electron chi connectivity index (χ3n) is 9.14. The Morgan fingerprint density at radius 3 is 2.58 bits per heavy atom. The Bertz CT molecular complexity index is 1610. The Morgan fingerprint density at radius 1 is 1.16 bits per heavy atom. The monoisotopic (exact) mass is 655 g/mol. The number of carbonyl (C=O) groups is 2. The molecule has 2 aliphatic heterocycles. The molecular weight excluding hydrogens is 616 g/mol. The number of nitrogens with zero attached hydrogens (tertiary/aromatic N) is 1. The first-order chi connectivity index (χ1) is 21.3. The lowest BCUT2D eigenvalue weighted by Crippen LogP contribution is -2.49. The summed E-state index contributed by atoms with van der Waals surface area (Å²) in [6, 6.07) is 14.1. The molecule has 1 amide bonds. The van der Waals surface area contributed by atoms with E-state index in [0.717, 1.165) is 30.5 Å². The van der Waals surface area contributed by atoms with Gasteiger partial charge < -0.3 is 20.5 Å². The molecule has 2 aliphatic rings. The SMILES string of the molecule is CCCCN1[C@@H](CC(C)(C)C)[C@@]2(CNc3cc(Cl)ccc32)[C@@H](c2cccc(Cl)c2F)[C@@H]1C(=O)Nc1ccc(C(=O)O)cc1OC. The maximum atomic E-state index is 16.3. The van der Waals surface area contributed by atoms with Crippen molar-refractivity contribution in [2.75, 3.05) is 30.8 Å². The van der Waals surface area contributed by atoms with Crippen LogP contribution < -0.4 is 15.4 Å². The quantitative estimate of drug-likeness (QED) is 0.215. The summed E-state index contributed by atoms with van der Waals surface area (Å²) in [5.74, 6) is -2.41. The molecule has 3 aromatic carbocycles. The number of unbranched alkanes of at least 4 members (excludes halogenated alkanes) is 1. The maximum absolute atomic E-state index is 16.3. The summed E-state index contributed by atoms with van der Waals surface area (Å²) < 4.78 is 21.8. The van der Waals surface area contributed by atoms with Gasteiger partial charge in [0.25, 0.3) is 0 Å². The summed E-state index contributed by atoms with van der Waals surface area (Å²) >= 11 is 12.9. The van der Waals surface area contributed by atoms with E-state index in [1.165, 1.54) is 31.4 Å². The molecular formula is C35H40Cl2FN3O4. The van der Waals surface area contributed by atoms with Gasteiger partial charge in [-0.1, -0.05) is 75.5 Å². The molecule has 1 spiro atoms. The molecule has 0 aromatic heterocycles. The van der Waals surface area contributed by atoms with E-state index in [-0.39, 0.29) is 33.7 Å². The average Bonchev–Trinajstić information content (AvgIpc) is 3.48. The summed E-state index contributed by atoms with van der Waals surface area (Å²) in [5.41, 5.74) is 1.76. The molecule has 5 rings (SSSR count). The van der Waals surface area contributed by atoms with Gasteiger partial charge in [0.05, 0.1) is 29.4 Å². The highest BCUT2D eigenvalue weighted by molar-refractivity contribution is 6.31. The maximum Gasteiger partial charge on any atom is 0.335 e. The van der Waals surface area contributed by atoms with Crippen LogP contribution in [-0.4, -0.2) is 54.2 Å². The number of carboxylic acid groups (broad SMARTS) is 1. The Labute approximate surface area is 274 Å². The number of aromatic carboxylic acids is 1. The summed E-state index contributed by atoms with van der Waals surface area (Å²) in [4.78, 5) is 28.6. The Balaban J connectivity index is 1.75. The number of amides is 1. The second-order valence-corrected chi connectivity index (χ2v) is 14.1. The van der Waals surface area contributed by atoms with Crippen LogP contribution in [-0.2, 0) is 10.2 Å². The molecule has 240 valence electrons. The lowest BCUT2D eigenvalue weighted by molar-refractivity contribution is -0.121. The van der Waals surface area contributed by atoms with E-state index in [9.17, 15) is 14.7 Å². The number of likely N-dealkylation sites (tertiary alicyclic amines) is 1. The fraction of sp³-hybridized carbons (Fsp3) is 0.429. The Hall–Kier alpha value is -3.33. The van der Waals surface area contributed by atoms with Gasteiger partial charge in [-0.05, 0) is 72.3 Å². The fourth-order valence-corrected chi connectivity index (χ4v) is 7.66. The summed E-state index contributed by atoms with van der Waals surface area (Å²) in [5, 5.41) is 16.7. The van der Waals surface area contributed by atoms with Crippen LogP contribution in [0.5, 0.6) is 5.75 Å². The number of halogens is 3. The molecule has 2 heterocycles. The lowest BCUT2D eigenvalue weighted by Gasteiger charge is -2.41. The number of carboxylic acids is 1. The largest absolute Gasteiger partial charge is 0.495 e. The highest BCUT2D eigenvalue weighted by Gasteiger charge is 2.65. The Kier molecular flexibility index (Phi) is 9.41. The van der Waals surface area contributed by atoms with Crippen LogP contribution in [0.25, 0.3) is 0 Å². The molecule has 1 fully saturated rings. The predicted molar refractivity (Wildman–Crippen MR) is 178 cm³/mol. The fourth-order valence-electron chi connectivity index (χ4n) is 7.31. The second-order valence-electron chi connectivity index (χ2n) is 13.2. The minimum Gasteiger partial charge on any atom is -0.495 e. The first-order valence-electron chi connectivity index (χ1n) is 15.3. The molecule has 3 N–H and O–H groups in total. The number of anilines is 2. The van der Waals surface area contributed by atoms with Crippen LogP contribution in [0.15, 0.2) is 54.6 Å². The molecule has 0 radical (unpaired) electrons. The minimum absolute atomic E-state index is 0.00518. The van der Waals surface area contributed by atoms with Gasteiger partial charge in [-0.3, -0.25) is 9.69 Å². The predicted octanol–water partition coefficient (Wildman–Crippen LogP) is 8.21. The van der Waals surface area contributed by atoms with Gasteiger partial charge in [-0.15, -0.1) is 0 Å². The number of carbonyl (C=O) groups excluding carboxylic acids is 1. The second kappa shape index (κ2) is 12.8. The van der Waals surface area contributed by atoms with E-state index >= 15 is 4.39 Å². The number of hydrogen-bond acceptors (Lipinski definition) is 5. The van der Waals surface area contributed by atoms with Crippen LogP contribution in [0.3, 0.4) is 0 Å². The van der Waals surface area contributed by atoms with Crippen molar-refractivity contribution >= 4 is 46.5 Å². The van der Waals surface area contributed by atoms with Crippen molar-refractivity contribution in [1.29, 1.82) is 0 Å². The lowest BCUT2D eigenvalue weighted by atomic mass is 9.63. The molecule has 45 heavy (non-hydrogen) atoms. The first kappa shape index (κ1) is 33.0. The third-order valence-corrected chi connectivity index (χ3v) is 9.67. The standard InChI is InChI=1S/C35H40Cl2FN3O4/c1-6-7-15-41-28(18-34(2,3)4)35(19-39-26-17-21(36)12-13-23(26)35)29(22-9-8-10-24(37)30(22)38)31(41)32(42)40-25-14-11-20(33(43)44)16-27(25)45-5/h8-14,16-17,28-29,31,39H,6-7,15,18-19H2,1-5H3,(H,40,42)(H,43,44)/t28-,29-,31+,35-/m0/s1. The van der Waals surface area contributed by atoms with E-state index in [1.807, 2.05) is 18.2 Å². The van der Waals surface area contributed by atoms with Crippen LogP contribution in [0.1, 0.15) is 74.4 Å². The zero-order chi connectivity index (χ0) is 32.7. The van der Waals surface area contributed by atoms with Crippen molar-refractivity contribution in [2.45, 2.75) is 70.4 Å². The van der Waals surface area contributed by atoms with Gasteiger partial charge in [0.1, 0.15) is 11.6 Å². The van der Waals surface area contributed by atoms with Crippen molar-refractivity contribution in [3.05, 3.63) is 87.2 Å². The van der Waals surface area contributed by atoms with Gasteiger partial charge in [0, 0.05) is 34.6 Å². The van der Waals surface area contributed by atoms with Gasteiger partial charge in [0.2, 0.25) is 5.91 Å². The summed E-state index contributed by atoms with van der Waals surface area (Å²) in [6.45, 7) is 9.75. The zero-order valence-electron chi connectivity index (χ0n) is 26.2. The number of benzene rings is 3. The summed E-state index contributed by atoms with van der Waals surface area (Å²) in [6.07, 6.45) is 2.48. The molecule has 3 aromatic rings. The first-order valence-corrected chi connectivity index (χ1v) is 16.0. The molecule has 7 nitrogen and oxygen atoms in total. The molecule has 0 saturated carbocycles. The van der Waals surface area contributed by atoms with E-state index in [2.05, 4.69) is 43.2 Å². The van der Waals surface area contributed by atoms with Crippen LogP contribution in [0.2, 0.25) is 10.0 Å². The Morgan fingerprint density at radius 2 is 1.91 bits per heavy atom.